The molecule has 2 rings (SSSR count). The maximum atomic E-state index is 11.9. The summed E-state index contributed by atoms with van der Waals surface area (Å²) in [7, 11) is 0. The van der Waals surface area contributed by atoms with E-state index < -0.39 is 17.5 Å². The van der Waals surface area contributed by atoms with Gasteiger partial charge in [-0.2, -0.15) is 0 Å². The van der Waals surface area contributed by atoms with Crippen molar-refractivity contribution in [2.24, 2.45) is 0 Å². The Hall–Kier alpha value is -2.25. The van der Waals surface area contributed by atoms with Crippen LogP contribution >= 0.6 is 0 Å². The van der Waals surface area contributed by atoms with Crippen LogP contribution in [0.5, 0.6) is 0 Å². The molecule has 0 aromatic carbocycles. The monoisotopic (exact) mass is 293 g/mol. The lowest BCUT2D eigenvalue weighted by Crippen LogP contribution is -2.60. The Morgan fingerprint density at radius 1 is 1.19 bits per heavy atom. The minimum Gasteiger partial charge on any atom is -0.480 e. The van der Waals surface area contributed by atoms with E-state index in [0.29, 0.717) is 19.3 Å². The van der Waals surface area contributed by atoms with Crippen molar-refractivity contribution >= 4 is 17.9 Å². The Morgan fingerprint density at radius 2 is 1.86 bits per heavy atom. The Balaban J connectivity index is 2.04. The Morgan fingerprint density at radius 3 is 2.33 bits per heavy atom. The second-order valence-corrected chi connectivity index (χ2v) is 5.06. The van der Waals surface area contributed by atoms with Gasteiger partial charge in [0.15, 0.2) is 0 Å². The van der Waals surface area contributed by atoms with Gasteiger partial charge in [-0.05, 0) is 32.1 Å². The molecule has 21 heavy (non-hydrogen) atoms. The first kappa shape index (κ1) is 15.1. The van der Waals surface area contributed by atoms with Crippen LogP contribution in [0.15, 0.2) is 0 Å². The Labute approximate surface area is 122 Å². The van der Waals surface area contributed by atoms with Crippen LogP contribution in [0.25, 0.3) is 0 Å². The third-order valence-corrected chi connectivity index (χ3v) is 3.70. The van der Waals surface area contributed by atoms with Gasteiger partial charge in [-0.3, -0.25) is 5.32 Å². The average Bonchev–Trinajstić information content (AvgIpc) is 2.42. The number of urea groups is 1. The topological polar surface area (TPSA) is 117 Å². The molecule has 0 saturated heterocycles. The molecule has 1 fully saturated rings. The molecule has 1 aliphatic rings. The number of anilines is 1. The zero-order chi connectivity index (χ0) is 15.5. The molecule has 1 aromatic rings. The van der Waals surface area contributed by atoms with E-state index in [2.05, 4.69) is 25.8 Å². The fraction of sp³-hybridized carbons (Fsp3) is 0.615. The summed E-state index contributed by atoms with van der Waals surface area (Å²) in [6, 6.07) is -0.620. The molecule has 0 spiro atoms. The van der Waals surface area contributed by atoms with Crippen molar-refractivity contribution in [2.75, 3.05) is 5.32 Å². The fourth-order valence-electron chi connectivity index (χ4n) is 2.26. The van der Waals surface area contributed by atoms with Gasteiger partial charge < -0.3 is 10.4 Å². The van der Waals surface area contributed by atoms with Crippen LogP contribution in [-0.2, 0) is 17.6 Å². The van der Waals surface area contributed by atoms with E-state index in [-0.39, 0.29) is 5.95 Å². The number of nitrogens with zero attached hydrogens (tertiary/aromatic N) is 3. The predicted octanol–water partition coefficient (Wildman–Crippen LogP) is 1.13. The zero-order valence-corrected chi connectivity index (χ0v) is 12.1. The predicted molar refractivity (Wildman–Crippen MR) is 75.0 cm³/mol. The highest BCUT2D eigenvalue weighted by Crippen LogP contribution is 2.32. The van der Waals surface area contributed by atoms with Gasteiger partial charge >= 0.3 is 12.0 Å². The van der Waals surface area contributed by atoms with Gasteiger partial charge in [-0.25, -0.2) is 14.6 Å². The molecule has 8 heteroatoms. The van der Waals surface area contributed by atoms with Crippen LogP contribution in [0.3, 0.4) is 0 Å². The molecule has 0 bridgehead atoms. The second kappa shape index (κ2) is 6.02. The van der Waals surface area contributed by atoms with Gasteiger partial charge in [0.2, 0.25) is 0 Å². The molecular formula is C13H19N5O3. The van der Waals surface area contributed by atoms with Crippen LogP contribution < -0.4 is 10.6 Å². The van der Waals surface area contributed by atoms with E-state index >= 15 is 0 Å². The van der Waals surface area contributed by atoms with Gasteiger partial charge in [0.1, 0.15) is 5.54 Å². The molecule has 1 aliphatic carbocycles. The molecule has 3 N–H and O–H groups in total. The van der Waals surface area contributed by atoms with Crippen molar-refractivity contribution in [2.45, 2.75) is 51.5 Å². The molecule has 1 heterocycles. The number of aliphatic carboxylic acids is 1. The van der Waals surface area contributed by atoms with Crippen LogP contribution in [0, 0.1) is 0 Å². The highest BCUT2D eigenvalue weighted by molar-refractivity contribution is 5.93. The highest BCUT2D eigenvalue weighted by Gasteiger charge is 2.45. The molecule has 114 valence electrons. The lowest BCUT2D eigenvalue weighted by atomic mass is 9.77. The number of nitrogens with one attached hydrogen (secondary N) is 2. The third-order valence-electron chi connectivity index (χ3n) is 3.70. The fourth-order valence-corrected chi connectivity index (χ4v) is 2.26. The summed E-state index contributed by atoms with van der Waals surface area (Å²) >= 11 is 0. The highest BCUT2D eigenvalue weighted by atomic mass is 16.4. The molecular weight excluding hydrogens is 274 g/mol. The number of carboxylic acids is 1. The summed E-state index contributed by atoms with van der Waals surface area (Å²) in [5, 5.41) is 21.9. The first-order valence-electron chi connectivity index (χ1n) is 7.05. The molecule has 0 unspecified atom stereocenters. The minimum absolute atomic E-state index is 0.0846. The summed E-state index contributed by atoms with van der Waals surface area (Å²) in [4.78, 5) is 27.3. The number of carboxylic acid groups (broad SMARTS) is 1. The average molecular weight is 293 g/mol. The largest absolute Gasteiger partial charge is 0.480 e. The summed E-state index contributed by atoms with van der Waals surface area (Å²) in [5.41, 5.74) is 0.415. The van der Waals surface area contributed by atoms with Crippen molar-refractivity contribution < 1.29 is 14.7 Å². The standard InChI is InChI=1S/C13H19N5O3/c1-3-8-9(4-2)17-18-11(14-8)15-12(21)16-13(10(19)20)6-5-7-13/h3-7H2,1-2H3,(H,19,20)(H2,14,15,16,18,21). The van der Waals surface area contributed by atoms with E-state index in [1.165, 1.54) is 0 Å². The first-order valence-corrected chi connectivity index (χ1v) is 7.05. The smallest absolute Gasteiger partial charge is 0.329 e. The molecule has 8 nitrogen and oxygen atoms in total. The molecule has 1 aromatic heterocycles. The first-order chi connectivity index (χ1) is 10.0. The number of rotatable bonds is 5. The van der Waals surface area contributed by atoms with Crippen LogP contribution in [-0.4, -0.2) is 37.8 Å². The van der Waals surface area contributed by atoms with Gasteiger partial charge in [-0.1, -0.05) is 13.8 Å². The van der Waals surface area contributed by atoms with Gasteiger partial charge in [0.05, 0.1) is 11.4 Å². The molecule has 0 atom stereocenters. The summed E-state index contributed by atoms with van der Waals surface area (Å²) in [5.74, 6) is -0.931. The Kier molecular flexibility index (Phi) is 4.35. The van der Waals surface area contributed by atoms with Crippen molar-refractivity contribution in [1.29, 1.82) is 0 Å². The van der Waals surface area contributed by atoms with Crippen molar-refractivity contribution in [3.8, 4) is 0 Å². The number of hydrogen-bond acceptors (Lipinski definition) is 5. The zero-order valence-electron chi connectivity index (χ0n) is 12.1. The van der Waals surface area contributed by atoms with Gasteiger partial charge in [0.25, 0.3) is 5.95 Å². The van der Waals surface area contributed by atoms with Crippen LogP contribution in [0.2, 0.25) is 0 Å². The summed E-state index contributed by atoms with van der Waals surface area (Å²) in [6.45, 7) is 3.90. The second-order valence-electron chi connectivity index (χ2n) is 5.06. The molecule has 2 amide bonds. The summed E-state index contributed by atoms with van der Waals surface area (Å²) < 4.78 is 0. The number of carbonyl (C=O) groups is 2. The summed E-state index contributed by atoms with van der Waals surface area (Å²) in [6.07, 6.45) is 3.06. The quantitative estimate of drug-likeness (QED) is 0.749. The Bertz CT molecular complexity index is 557. The normalized spacial score (nSPS) is 15.9. The number of carbonyl (C=O) groups excluding carboxylic acids is 1. The van der Waals surface area contributed by atoms with Crippen LogP contribution in [0.4, 0.5) is 10.7 Å². The van der Waals surface area contributed by atoms with Crippen molar-refractivity contribution in [3.63, 3.8) is 0 Å². The van der Waals surface area contributed by atoms with E-state index in [4.69, 9.17) is 5.11 Å². The van der Waals surface area contributed by atoms with E-state index in [1.54, 1.807) is 0 Å². The van der Waals surface area contributed by atoms with Crippen LogP contribution in [0.1, 0.15) is 44.5 Å². The van der Waals surface area contributed by atoms with Crippen molar-refractivity contribution in [1.82, 2.24) is 20.5 Å². The van der Waals surface area contributed by atoms with E-state index in [9.17, 15) is 9.59 Å². The third kappa shape index (κ3) is 3.09. The maximum Gasteiger partial charge on any atom is 0.329 e. The lowest BCUT2D eigenvalue weighted by Gasteiger charge is -2.37. The lowest BCUT2D eigenvalue weighted by molar-refractivity contribution is -0.148. The van der Waals surface area contributed by atoms with Gasteiger partial charge in [-0.15, -0.1) is 10.2 Å². The minimum atomic E-state index is -1.16. The number of hydrogen-bond donors (Lipinski definition) is 3. The van der Waals surface area contributed by atoms with E-state index in [1.807, 2.05) is 13.8 Å². The molecule has 1 saturated carbocycles. The number of aryl methyl sites for hydroxylation is 2. The number of aromatic nitrogens is 3. The SMILES string of the molecule is CCc1nnc(NC(=O)NC2(C(=O)O)CCC2)nc1CC. The molecule has 0 radical (unpaired) electrons. The molecule has 0 aliphatic heterocycles. The van der Waals surface area contributed by atoms with Crippen molar-refractivity contribution in [3.05, 3.63) is 11.4 Å². The maximum absolute atomic E-state index is 11.9. The number of amides is 2. The van der Waals surface area contributed by atoms with Gasteiger partial charge in [0, 0.05) is 0 Å². The van der Waals surface area contributed by atoms with E-state index in [0.717, 1.165) is 24.2 Å².